The third kappa shape index (κ3) is 1.65. The Hall–Kier alpha value is -1.10. The quantitative estimate of drug-likeness (QED) is 0.643. The Kier molecular flexibility index (Phi) is 1.76. The number of hydrogen-bond acceptors (Lipinski definition) is 4. The van der Waals surface area contributed by atoms with E-state index >= 15 is 0 Å². The molecule has 0 saturated heterocycles. The predicted octanol–water partition coefficient (Wildman–Crippen LogP) is 0.135. The predicted molar refractivity (Wildman–Crippen MR) is 49.8 cm³/mol. The smallest absolute Gasteiger partial charge is 0.154 e. The van der Waals surface area contributed by atoms with Gasteiger partial charge in [0.1, 0.15) is 5.82 Å². The number of hydrogen-bond donors (Lipinski definition) is 1. The molecule has 0 aliphatic carbocycles. The van der Waals surface area contributed by atoms with Gasteiger partial charge in [-0.25, -0.2) is 13.4 Å². The molecule has 2 heterocycles. The number of rotatable bonds is 0. The highest BCUT2D eigenvalue weighted by molar-refractivity contribution is 7.90. The van der Waals surface area contributed by atoms with Gasteiger partial charge in [-0.15, -0.1) is 0 Å². The molecule has 1 aromatic heterocycles. The van der Waals surface area contributed by atoms with Crippen molar-refractivity contribution in [2.45, 2.75) is 12.2 Å². The van der Waals surface area contributed by atoms with E-state index in [0.717, 1.165) is 11.1 Å². The van der Waals surface area contributed by atoms with Crippen molar-refractivity contribution in [3.05, 3.63) is 23.4 Å². The molecule has 1 aromatic rings. The highest BCUT2D eigenvalue weighted by Crippen LogP contribution is 2.20. The topological polar surface area (TPSA) is 73.0 Å². The molecule has 5 heteroatoms. The van der Waals surface area contributed by atoms with Gasteiger partial charge in [-0.2, -0.15) is 0 Å². The molecule has 0 unspecified atom stereocenters. The first kappa shape index (κ1) is 8.50. The maximum Gasteiger partial charge on any atom is 0.154 e. The van der Waals surface area contributed by atoms with Crippen molar-refractivity contribution >= 4 is 15.7 Å². The molecule has 0 aromatic carbocycles. The van der Waals surface area contributed by atoms with Crippen molar-refractivity contribution in [3.63, 3.8) is 0 Å². The molecule has 0 bridgehead atoms. The van der Waals surface area contributed by atoms with Crippen LogP contribution in [0.15, 0.2) is 12.3 Å². The van der Waals surface area contributed by atoms with E-state index in [1.807, 2.05) is 0 Å². The van der Waals surface area contributed by atoms with Crippen LogP contribution in [0.3, 0.4) is 0 Å². The molecule has 13 heavy (non-hydrogen) atoms. The Morgan fingerprint density at radius 1 is 1.38 bits per heavy atom. The van der Waals surface area contributed by atoms with Crippen molar-refractivity contribution in [1.29, 1.82) is 0 Å². The van der Waals surface area contributed by atoms with E-state index in [0.29, 0.717) is 12.2 Å². The van der Waals surface area contributed by atoms with Gasteiger partial charge in [-0.1, -0.05) is 0 Å². The van der Waals surface area contributed by atoms with Crippen molar-refractivity contribution in [1.82, 2.24) is 4.98 Å². The lowest BCUT2D eigenvalue weighted by Crippen LogP contribution is -2.19. The molecule has 0 saturated carbocycles. The van der Waals surface area contributed by atoms with E-state index < -0.39 is 9.84 Å². The van der Waals surface area contributed by atoms with E-state index in [2.05, 4.69) is 4.98 Å². The second kappa shape index (κ2) is 2.70. The summed E-state index contributed by atoms with van der Waals surface area (Å²) in [6.45, 7) is 0. The summed E-state index contributed by atoms with van der Waals surface area (Å²) < 4.78 is 22.5. The first-order chi connectivity index (χ1) is 6.07. The summed E-state index contributed by atoms with van der Waals surface area (Å²) in [5.74, 6) is 0.789. The third-order valence-electron chi connectivity index (χ3n) is 2.16. The fourth-order valence-electron chi connectivity index (χ4n) is 1.48. The fraction of sp³-hybridized carbons (Fsp3) is 0.375. The Labute approximate surface area is 76.7 Å². The molecule has 1 aliphatic heterocycles. The number of nitrogen functional groups attached to an aromatic ring is 1. The zero-order valence-corrected chi connectivity index (χ0v) is 7.84. The number of anilines is 1. The highest BCUT2D eigenvalue weighted by Gasteiger charge is 2.21. The number of nitrogens with two attached hydrogens (primary N) is 1. The first-order valence-corrected chi connectivity index (χ1v) is 5.83. The fourth-order valence-corrected chi connectivity index (χ4v) is 2.89. The Morgan fingerprint density at radius 3 is 2.92 bits per heavy atom. The number of aromatic nitrogens is 1. The summed E-state index contributed by atoms with van der Waals surface area (Å²) in [6.07, 6.45) is 2.12. The van der Waals surface area contributed by atoms with E-state index in [1.165, 1.54) is 0 Å². The lowest BCUT2D eigenvalue weighted by molar-refractivity contribution is 0.591. The normalized spacial score (nSPS) is 19.4. The van der Waals surface area contributed by atoms with E-state index in [9.17, 15) is 8.42 Å². The van der Waals surface area contributed by atoms with E-state index in [-0.39, 0.29) is 11.5 Å². The van der Waals surface area contributed by atoms with E-state index in [4.69, 9.17) is 5.73 Å². The minimum atomic E-state index is -2.89. The minimum absolute atomic E-state index is 0.107. The zero-order chi connectivity index (χ0) is 9.47. The summed E-state index contributed by atoms with van der Waals surface area (Å²) in [6, 6.07) is 1.75. The van der Waals surface area contributed by atoms with Crippen LogP contribution in [0.25, 0.3) is 0 Å². The lowest BCUT2D eigenvalue weighted by Gasteiger charge is -2.15. The maximum absolute atomic E-state index is 11.2. The molecule has 2 N–H and O–H groups in total. The minimum Gasteiger partial charge on any atom is -0.384 e. The first-order valence-electron chi connectivity index (χ1n) is 4.00. The average molecular weight is 198 g/mol. The van der Waals surface area contributed by atoms with Gasteiger partial charge in [0.15, 0.2) is 9.84 Å². The molecule has 0 spiro atoms. The van der Waals surface area contributed by atoms with Gasteiger partial charge in [0.05, 0.1) is 11.5 Å². The average Bonchev–Trinajstić information content (AvgIpc) is 2.05. The Morgan fingerprint density at radius 2 is 2.15 bits per heavy atom. The molecular weight excluding hydrogens is 188 g/mol. The molecule has 70 valence electrons. The summed E-state index contributed by atoms with van der Waals surface area (Å²) in [5.41, 5.74) is 7.30. The van der Waals surface area contributed by atoms with Crippen molar-refractivity contribution in [2.24, 2.45) is 0 Å². The molecule has 2 rings (SSSR count). The molecule has 4 nitrogen and oxygen atoms in total. The van der Waals surface area contributed by atoms with Gasteiger partial charge in [0, 0.05) is 6.20 Å². The van der Waals surface area contributed by atoms with Gasteiger partial charge in [-0.3, -0.25) is 0 Å². The van der Waals surface area contributed by atoms with Crippen molar-refractivity contribution < 1.29 is 8.42 Å². The standard InChI is InChI=1S/C8H10N2O2S/c9-8-3-6-1-2-13(11,12)5-7(6)4-10-8/h3-4H,1-2,5H2,(H2,9,10). The van der Waals surface area contributed by atoms with Crippen LogP contribution >= 0.6 is 0 Å². The number of nitrogens with zero attached hydrogens (tertiary/aromatic N) is 1. The van der Waals surface area contributed by atoms with Gasteiger partial charge in [0.25, 0.3) is 0 Å². The van der Waals surface area contributed by atoms with Crippen molar-refractivity contribution in [3.8, 4) is 0 Å². The van der Waals surface area contributed by atoms with Crippen LogP contribution in [0.5, 0.6) is 0 Å². The number of fused-ring (bicyclic) bond motifs is 1. The molecular formula is C8H10N2O2S. The summed E-state index contributed by atoms with van der Waals surface area (Å²) >= 11 is 0. The number of sulfone groups is 1. The van der Waals surface area contributed by atoms with Gasteiger partial charge in [-0.05, 0) is 23.6 Å². The van der Waals surface area contributed by atoms with Gasteiger partial charge < -0.3 is 5.73 Å². The van der Waals surface area contributed by atoms with Crippen LogP contribution in [-0.2, 0) is 22.0 Å². The number of pyridine rings is 1. The molecule has 1 aliphatic rings. The second-order valence-electron chi connectivity index (χ2n) is 3.22. The SMILES string of the molecule is Nc1cc2c(cn1)CS(=O)(=O)CC2. The lowest BCUT2D eigenvalue weighted by atomic mass is 10.1. The Bertz CT molecular complexity index is 439. The largest absolute Gasteiger partial charge is 0.384 e. The highest BCUT2D eigenvalue weighted by atomic mass is 32.2. The van der Waals surface area contributed by atoms with Gasteiger partial charge in [0.2, 0.25) is 0 Å². The summed E-state index contributed by atoms with van der Waals surface area (Å²) in [4.78, 5) is 3.87. The second-order valence-corrected chi connectivity index (χ2v) is 5.40. The Balaban J connectivity index is 2.48. The van der Waals surface area contributed by atoms with Crippen LogP contribution in [0.2, 0.25) is 0 Å². The summed E-state index contributed by atoms with van der Waals surface area (Å²) in [7, 11) is -2.89. The van der Waals surface area contributed by atoms with Crippen molar-refractivity contribution in [2.75, 3.05) is 11.5 Å². The summed E-state index contributed by atoms with van der Waals surface area (Å²) in [5, 5.41) is 0. The van der Waals surface area contributed by atoms with Crippen LogP contribution < -0.4 is 5.73 Å². The third-order valence-corrected chi connectivity index (χ3v) is 3.74. The van der Waals surface area contributed by atoms with Crippen LogP contribution in [0, 0.1) is 0 Å². The van der Waals surface area contributed by atoms with Crippen LogP contribution in [-0.4, -0.2) is 19.2 Å². The molecule has 0 fully saturated rings. The molecule has 0 atom stereocenters. The monoisotopic (exact) mass is 198 g/mol. The molecule has 0 radical (unpaired) electrons. The maximum atomic E-state index is 11.2. The van der Waals surface area contributed by atoms with Crippen LogP contribution in [0.1, 0.15) is 11.1 Å². The van der Waals surface area contributed by atoms with Crippen LogP contribution in [0.4, 0.5) is 5.82 Å². The number of aryl methyl sites for hydroxylation is 1. The van der Waals surface area contributed by atoms with Gasteiger partial charge >= 0.3 is 0 Å². The molecule has 0 amide bonds. The van der Waals surface area contributed by atoms with E-state index in [1.54, 1.807) is 12.3 Å². The zero-order valence-electron chi connectivity index (χ0n) is 7.03.